The molecule has 0 fully saturated rings. The lowest BCUT2D eigenvalue weighted by Crippen LogP contribution is -2.24. The van der Waals surface area contributed by atoms with Crippen molar-refractivity contribution in [2.24, 2.45) is 0 Å². The fourth-order valence-corrected chi connectivity index (χ4v) is 3.11. The molecule has 1 unspecified atom stereocenters. The maximum absolute atomic E-state index is 4.64. The van der Waals surface area contributed by atoms with Crippen LogP contribution < -0.4 is 5.32 Å². The zero-order valence-corrected chi connectivity index (χ0v) is 11.4. The molecule has 1 aliphatic heterocycles. The van der Waals surface area contributed by atoms with Gasteiger partial charge >= 0.3 is 0 Å². The fourth-order valence-electron chi connectivity index (χ4n) is 2.35. The van der Waals surface area contributed by atoms with E-state index in [1.165, 1.54) is 0 Å². The van der Waals surface area contributed by atoms with Gasteiger partial charge in [-0.15, -0.1) is 16.4 Å². The Bertz CT molecular complexity index is 706. The van der Waals surface area contributed by atoms with Crippen LogP contribution in [0.5, 0.6) is 0 Å². The van der Waals surface area contributed by atoms with Gasteiger partial charge in [-0.3, -0.25) is 4.98 Å². The maximum Gasteiger partial charge on any atom is 0.222 e. The quantitative estimate of drug-likeness (QED) is 0.781. The number of hydrogen-bond donors (Lipinski definition) is 1. The molecule has 0 aliphatic carbocycles. The molecular formula is C13H12N6S. The van der Waals surface area contributed by atoms with E-state index in [4.69, 9.17) is 0 Å². The lowest BCUT2D eigenvalue weighted by Gasteiger charge is -2.22. The van der Waals surface area contributed by atoms with E-state index in [9.17, 15) is 0 Å². The number of nitrogens with one attached hydrogen (secondary N) is 1. The van der Waals surface area contributed by atoms with Crippen LogP contribution in [-0.4, -0.2) is 31.3 Å². The largest absolute Gasteiger partial charge is 0.354 e. The third-order valence-electron chi connectivity index (χ3n) is 3.30. The number of rotatable bonds is 2. The molecule has 0 bridgehead atoms. The summed E-state index contributed by atoms with van der Waals surface area (Å²) in [6.45, 7) is 0.888. The SMILES string of the molecule is c1cc(-c2nc3n(n2)C(c2nccs2)CCN3)ccn1. The second-order valence-corrected chi connectivity index (χ2v) is 5.47. The van der Waals surface area contributed by atoms with Gasteiger partial charge in [0.1, 0.15) is 11.0 Å². The molecule has 0 amide bonds. The smallest absolute Gasteiger partial charge is 0.222 e. The lowest BCUT2D eigenvalue weighted by atomic mass is 10.2. The van der Waals surface area contributed by atoms with Gasteiger partial charge in [0.2, 0.25) is 5.95 Å². The minimum atomic E-state index is 0.175. The Hall–Kier alpha value is -2.28. The number of aromatic nitrogens is 5. The second kappa shape index (κ2) is 4.68. The molecule has 7 heteroatoms. The number of nitrogens with zero attached hydrogens (tertiary/aromatic N) is 5. The van der Waals surface area contributed by atoms with Crippen molar-refractivity contribution in [3.8, 4) is 11.4 Å². The summed E-state index contributed by atoms with van der Waals surface area (Å²) in [5, 5.41) is 11.0. The van der Waals surface area contributed by atoms with E-state index in [0.29, 0.717) is 0 Å². The highest BCUT2D eigenvalue weighted by atomic mass is 32.1. The first kappa shape index (κ1) is 11.5. The molecule has 20 heavy (non-hydrogen) atoms. The summed E-state index contributed by atoms with van der Waals surface area (Å²) in [5.74, 6) is 1.53. The molecule has 1 aliphatic rings. The number of thiazole rings is 1. The van der Waals surface area contributed by atoms with E-state index in [1.54, 1.807) is 23.7 Å². The van der Waals surface area contributed by atoms with Crippen molar-refractivity contribution < 1.29 is 0 Å². The summed E-state index contributed by atoms with van der Waals surface area (Å²) >= 11 is 1.66. The minimum Gasteiger partial charge on any atom is -0.354 e. The number of anilines is 1. The monoisotopic (exact) mass is 284 g/mol. The molecule has 1 N–H and O–H groups in total. The third-order valence-corrected chi connectivity index (χ3v) is 4.18. The summed E-state index contributed by atoms with van der Waals surface area (Å²) in [4.78, 5) is 13.0. The van der Waals surface area contributed by atoms with Crippen molar-refractivity contribution in [2.45, 2.75) is 12.5 Å². The van der Waals surface area contributed by atoms with Gasteiger partial charge < -0.3 is 5.32 Å². The molecule has 100 valence electrons. The molecule has 4 heterocycles. The van der Waals surface area contributed by atoms with Gasteiger partial charge in [0.15, 0.2) is 5.82 Å². The van der Waals surface area contributed by atoms with Gasteiger partial charge in [0, 0.05) is 36.1 Å². The van der Waals surface area contributed by atoms with Crippen molar-refractivity contribution in [1.29, 1.82) is 0 Å². The van der Waals surface area contributed by atoms with Gasteiger partial charge in [-0.05, 0) is 18.6 Å². The topological polar surface area (TPSA) is 68.5 Å². The van der Waals surface area contributed by atoms with Gasteiger partial charge in [-0.2, -0.15) is 4.98 Å². The van der Waals surface area contributed by atoms with E-state index in [1.807, 2.05) is 28.4 Å². The normalized spacial score (nSPS) is 17.5. The molecule has 0 spiro atoms. The molecule has 0 saturated carbocycles. The summed E-state index contributed by atoms with van der Waals surface area (Å²) < 4.78 is 1.94. The van der Waals surface area contributed by atoms with Crippen LogP contribution in [0.1, 0.15) is 17.5 Å². The highest BCUT2D eigenvalue weighted by Gasteiger charge is 2.26. The fraction of sp³-hybridized carbons (Fsp3) is 0.231. The molecule has 0 radical (unpaired) electrons. The highest BCUT2D eigenvalue weighted by molar-refractivity contribution is 7.09. The summed E-state index contributed by atoms with van der Waals surface area (Å²) in [5.41, 5.74) is 0.974. The number of fused-ring (bicyclic) bond motifs is 1. The Morgan fingerprint density at radius 1 is 1.25 bits per heavy atom. The van der Waals surface area contributed by atoms with E-state index in [2.05, 4.69) is 25.4 Å². The first-order valence-electron chi connectivity index (χ1n) is 6.42. The van der Waals surface area contributed by atoms with Gasteiger partial charge in [0.05, 0.1) is 0 Å². The zero-order valence-electron chi connectivity index (χ0n) is 10.6. The van der Waals surface area contributed by atoms with Crippen LogP contribution in [0.2, 0.25) is 0 Å². The average molecular weight is 284 g/mol. The van der Waals surface area contributed by atoms with Gasteiger partial charge in [-0.1, -0.05) is 0 Å². The summed E-state index contributed by atoms with van der Waals surface area (Å²) in [7, 11) is 0. The van der Waals surface area contributed by atoms with Crippen LogP contribution in [0, 0.1) is 0 Å². The van der Waals surface area contributed by atoms with E-state index < -0.39 is 0 Å². The van der Waals surface area contributed by atoms with Crippen molar-refractivity contribution in [1.82, 2.24) is 24.7 Å². The summed E-state index contributed by atoms with van der Waals surface area (Å²) in [6.07, 6.45) is 6.31. The van der Waals surface area contributed by atoms with Gasteiger partial charge in [-0.25, -0.2) is 9.67 Å². The van der Waals surface area contributed by atoms with Crippen molar-refractivity contribution in [3.63, 3.8) is 0 Å². The molecule has 0 aromatic carbocycles. The molecule has 4 rings (SSSR count). The molecular weight excluding hydrogens is 272 g/mol. The zero-order chi connectivity index (χ0) is 13.4. The predicted octanol–water partition coefficient (Wildman–Crippen LogP) is 2.20. The van der Waals surface area contributed by atoms with Crippen LogP contribution >= 0.6 is 11.3 Å². The minimum absolute atomic E-state index is 0.175. The van der Waals surface area contributed by atoms with E-state index in [-0.39, 0.29) is 6.04 Å². The first-order valence-corrected chi connectivity index (χ1v) is 7.30. The average Bonchev–Trinajstić information content (AvgIpc) is 3.17. The van der Waals surface area contributed by atoms with E-state index >= 15 is 0 Å². The van der Waals surface area contributed by atoms with Crippen molar-refractivity contribution in [2.75, 3.05) is 11.9 Å². The van der Waals surface area contributed by atoms with Crippen molar-refractivity contribution >= 4 is 17.3 Å². The van der Waals surface area contributed by atoms with Crippen LogP contribution in [0.15, 0.2) is 36.1 Å². The Morgan fingerprint density at radius 3 is 2.95 bits per heavy atom. The molecule has 1 atom stereocenters. The van der Waals surface area contributed by atoms with E-state index in [0.717, 1.165) is 35.3 Å². The lowest BCUT2D eigenvalue weighted by molar-refractivity contribution is 0.479. The third kappa shape index (κ3) is 1.87. The van der Waals surface area contributed by atoms with Crippen LogP contribution in [-0.2, 0) is 0 Å². The predicted molar refractivity (Wildman–Crippen MR) is 76.6 cm³/mol. The Morgan fingerprint density at radius 2 is 2.15 bits per heavy atom. The Kier molecular flexibility index (Phi) is 2.70. The molecule has 0 saturated heterocycles. The van der Waals surface area contributed by atoms with Crippen molar-refractivity contribution in [3.05, 3.63) is 41.1 Å². The number of pyridine rings is 1. The first-order chi connectivity index (χ1) is 9.92. The standard InChI is InChI=1S/C13H12N6S/c1-4-14-5-2-9(1)11-17-13-16-6-3-10(19(13)18-11)12-15-7-8-20-12/h1-2,4-5,7-8,10H,3,6H2,(H,16,17,18). The number of hydrogen-bond acceptors (Lipinski definition) is 6. The van der Waals surface area contributed by atoms with Crippen LogP contribution in [0.25, 0.3) is 11.4 Å². The summed E-state index contributed by atoms with van der Waals surface area (Å²) in [6, 6.07) is 4.01. The maximum atomic E-state index is 4.64. The molecule has 6 nitrogen and oxygen atoms in total. The Labute approximate surface area is 119 Å². The van der Waals surface area contributed by atoms with Gasteiger partial charge in [0.25, 0.3) is 0 Å². The second-order valence-electron chi connectivity index (χ2n) is 4.54. The Balaban J connectivity index is 1.78. The molecule has 3 aromatic heterocycles. The molecule has 3 aromatic rings. The highest BCUT2D eigenvalue weighted by Crippen LogP contribution is 2.31. The van der Waals surface area contributed by atoms with Crippen LogP contribution in [0.4, 0.5) is 5.95 Å². The van der Waals surface area contributed by atoms with Crippen LogP contribution in [0.3, 0.4) is 0 Å².